The summed E-state index contributed by atoms with van der Waals surface area (Å²) in [4.78, 5) is 17.2. The Morgan fingerprint density at radius 1 is 1.46 bits per heavy atom. The Kier molecular flexibility index (Phi) is 2.09. The van der Waals surface area contributed by atoms with Crippen molar-refractivity contribution in [2.75, 3.05) is 0 Å². The molecule has 0 unspecified atom stereocenters. The standard InChI is InChI=1S/C8H4BrClN2O/c9-7-6-4(10)2-1-3-5(6)11-8(13)12-7/h1-3H,(H,11,12,13). The highest BCUT2D eigenvalue weighted by Crippen LogP contribution is 2.26. The fourth-order valence-electron chi connectivity index (χ4n) is 1.13. The number of hydrogen-bond acceptors (Lipinski definition) is 2. The van der Waals surface area contributed by atoms with Crippen LogP contribution in [0.2, 0.25) is 5.02 Å². The number of aromatic amines is 1. The Hall–Kier alpha value is -0.870. The molecule has 66 valence electrons. The zero-order valence-electron chi connectivity index (χ0n) is 6.34. The molecule has 1 heterocycles. The van der Waals surface area contributed by atoms with Gasteiger partial charge in [-0.25, -0.2) is 4.79 Å². The Morgan fingerprint density at radius 2 is 2.23 bits per heavy atom. The van der Waals surface area contributed by atoms with Crippen molar-refractivity contribution in [1.29, 1.82) is 0 Å². The Bertz CT molecular complexity index is 523. The summed E-state index contributed by atoms with van der Waals surface area (Å²) >= 11 is 9.11. The number of fused-ring (bicyclic) bond motifs is 1. The van der Waals surface area contributed by atoms with Crippen LogP contribution >= 0.6 is 27.5 Å². The summed E-state index contributed by atoms with van der Waals surface area (Å²) in [5.41, 5.74) is 0.293. The molecule has 0 saturated carbocycles. The van der Waals surface area contributed by atoms with Crippen LogP contribution in [-0.2, 0) is 0 Å². The van der Waals surface area contributed by atoms with Crippen molar-refractivity contribution in [3.63, 3.8) is 0 Å². The second-order valence-electron chi connectivity index (χ2n) is 2.50. The van der Waals surface area contributed by atoms with Crippen LogP contribution in [-0.4, -0.2) is 9.97 Å². The molecule has 0 bridgehead atoms. The molecule has 0 saturated heterocycles. The second-order valence-corrected chi connectivity index (χ2v) is 3.65. The normalized spacial score (nSPS) is 10.6. The van der Waals surface area contributed by atoms with Crippen molar-refractivity contribution < 1.29 is 0 Å². The van der Waals surface area contributed by atoms with E-state index in [0.717, 1.165) is 5.39 Å². The van der Waals surface area contributed by atoms with Crippen molar-refractivity contribution in [2.45, 2.75) is 0 Å². The van der Waals surface area contributed by atoms with E-state index in [1.807, 2.05) is 0 Å². The molecule has 2 aromatic rings. The lowest BCUT2D eigenvalue weighted by Crippen LogP contribution is -2.09. The first-order valence-electron chi connectivity index (χ1n) is 3.52. The molecule has 0 amide bonds. The van der Waals surface area contributed by atoms with Gasteiger partial charge in [-0.3, -0.25) is 0 Å². The monoisotopic (exact) mass is 258 g/mol. The highest BCUT2D eigenvalue weighted by Gasteiger charge is 2.04. The number of nitrogens with one attached hydrogen (secondary N) is 1. The van der Waals surface area contributed by atoms with Crippen LogP contribution in [0.5, 0.6) is 0 Å². The van der Waals surface area contributed by atoms with E-state index in [1.165, 1.54) is 0 Å². The zero-order valence-corrected chi connectivity index (χ0v) is 8.69. The van der Waals surface area contributed by atoms with Crippen molar-refractivity contribution in [3.8, 4) is 0 Å². The lowest BCUT2D eigenvalue weighted by molar-refractivity contribution is 1.10. The number of hydrogen-bond donors (Lipinski definition) is 1. The Labute approximate surface area is 86.9 Å². The molecule has 0 spiro atoms. The third-order valence-corrected chi connectivity index (χ3v) is 2.55. The van der Waals surface area contributed by atoms with Gasteiger partial charge in [-0.05, 0) is 28.1 Å². The summed E-state index contributed by atoms with van der Waals surface area (Å²) in [6, 6.07) is 5.29. The highest BCUT2D eigenvalue weighted by molar-refractivity contribution is 9.10. The molecular weight excluding hydrogens is 255 g/mol. The van der Waals surface area contributed by atoms with Gasteiger partial charge in [0.05, 0.1) is 10.5 Å². The van der Waals surface area contributed by atoms with E-state index >= 15 is 0 Å². The van der Waals surface area contributed by atoms with Crippen LogP contribution in [0.1, 0.15) is 0 Å². The molecule has 0 atom stereocenters. The molecule has 2 rings (SSSR count). The smallest absolute Gasteiger partial charge is 0.305 e. The van der Waals surface area contributed by atoms with E-state index in [1.54, 1.807) is 18.2 Å². The first-order chi connectivity index (χ1) is 6.18. The third-order valence-electron chi connectivity index (χ3n) is 1.66. The van der Waals surface area contributed by atoms with Gasteiger partial charge in [0, 0.05) is 5.39 Å². The predicted octanol–water partition coefficient (Wildman–Crippen LogP) is 2.34. The van der Waals surface area contributed by atoms with E-state index in [2.05, 4.69) is 25.9 Å². The van der Waals surface area contributed by atoms with E-state index in [-0.39, 0.29) is 5.69 Å². The molecule has 0 fully saturated rings. The quantitative estimate of drug-likeness (QED) is 0.738. The van der Waals surface area contributed by atoms with E-state index in [4.69, 9.17) is 11.6 Å². The maximum atomic E-state index is 11.0. The molecule has 5 heteroatoms. The summed E-state index contributed by atoms with van der Waals surface area (Å²) in [5, 5.41) is 1.29. The van der Waals surface area contributed by atoms with Gasteiger partial charge >= 0.3 is 5.69 Å². The molecule has 0 radical (unpaired) electrons. The molecule has 0 aliphatic heterocycles. The first-order valence-corrected chi connectivity index (χ1v) is 4.69. The van der Waals surface area contributed by atoms with Crippen molar-refractivity contribution >= 4 is 38.4 Å². The van der Waals surface area contributed by atoms with Gasteiger partial charge in [0.2, 0.25) is 0 Å². The van der Waals surface area contributed by atoms with Gasteiger partial charge in [0.15, 0.2) is 0 Å². The molecular formula is C8H4BrClN2O. The van der Waals surface area contributed by atoms with E-state index < -0.39 is 0 Å². The second kappa shape index (κ2) is 3.12. The van der Waals surface area contributed by atoms with Gasteiger partial charge in [0.25, 0.3) is 0 Å². The maximum Gasteiger partial charge on any atom is 0.346 e. The number of benzene rings is 1. The number of H-pyrrole nitrogens is 1. The lowest BCUT2D eigenvalue weighted by atomic mass is 10.2. The summed E-state index contributed by atoms with van der Waals surface area (Å²) in [5.74, 6) is 0. The van der Waals surface area contributed by atoms with Crippen molar-refractivity contribution in [3.05, 3.63) is 38.3 Å². The topological polar surface area (TPSA) is 45.8 Å². The van der Waals surface area contributed by atoms with Gasteiger partial charge in [-0.1, -0.05) is 17.7 Å². The molecule has 3 nitrogen and oxygen atoms in total. The largest absolute Gasteiger partial charge is 0.346 e. The molecule has 1 aromatic heterocycles. The first kappa shape index (κ1) is 8.72. The molecule has 1 N–H and O–H groups in total. The third kappa shape index (κ3) is 1.47. The molecule has 1 aromatic carbocycles. The number of nitrogens with zero attached hydrogens (tertiary/aromatic N) is 1. The number of halogens is 2. The minimum absolute atomic E-state index is 0.387. The van der Waals surface area contributed by atoms with Gasteiger partial charge in [0.1, 0.15) is 4.60 Å². The van der Waals surface area contributed by atoms with E-state index in [9.17, 15) is 4.79 Å². The van der Waals surface area contributed by atoms with Gasteiger partial charge < -0.3 is 4.98 Å². The van der Waals surface area contributed by atoms with Crippen LogP contribution in [0.25, 0.3) is 10.9 Å². The van der Waals surface area contributed by atoms with Crippen molar-refractivity contribution in [1.82, 2.24) is 9.97 Å². The van der Waals surface area contributed by atoms with Gasteiger partial charge in [-0.15, -0.1) is 0 Å². The van der Waals surface area contributed by atoms with Crippen LogP contribution < -0.4 is 5.69 Å². The fraction of sp³-hybridized carbons (Fsp3) is 0. The summed E-state index contributed by atoms with van der Waals surface area (Å²) < 4.78 is 0.469. The van der Waals surface area contributed by atoms with E-state index in [0.29, 0.717) is 15.1 Å². The predicted molar refractivity (Wildman–Crippen MR) is 55.1 cm³/mol. The molecule has 13 heavy (non-hydrogen) atoms. The summed E-state index contributed by atoms with van der Waals surface area (Å²) in [6.45, 7) is 0. The zero-order chi connectivity index (χ0) is 9.42. The van der Waals surface area contributed by atoms with Crippen LogP contribution in [0.4, 0.5) is 0 Å². The minimum atomic E-state index is -0.387. The summed E-state index contributed by atoms with van der Waals surface area (Å²) in [7, 11) is 0. The average molecular weight is 259 g/mol. The van der Waals surface area contributed by atoms with Crippen LogP contribution in [0.3, 0.4) is 0 Å². The van der Waals surface area contributed by atoms with Crippen LogP contribution in [0, 0.1) is 0 Å². The SMILES string of the molecule is O=c1nc(Br)c2c(Cl)cccc2[nH]1. The average Bonchev–Trinajstić information content (AvgIpc) is 2.02. The molecule has 0 aliphatic rings. The highest BCUT2D eigenvalue weighted by atomic mass is 79.9. The maximum absolute atomic E-state index is 11.0. The van der Waals surface area contributed by atoms with Crippen LogP contribution in [0.15, 0.2) is 27.6 Å². The van der Waals surface area contributed by atoms with Crippen molar-refractivity contribution in [2.24, 2.45) is 0 Å². The Morgan fingerprint density at radius 3 is 3.00 bits per heavy atom. The fourth-order valence-corrected chi connectivity index (χ4v) is 2.09. The van der Waals surface area contributed by atoms with Gasteiger partial charge in [-0.2, -0.15) is 4.98 Å². The Balaban J connectivity index is 3.03. The minimum Gasteiger partial charge on any atom is -0.305 e. The lowest BCUT2D eigenvalue weighted by Gasteiger charge is -2.00. The summed E-state index contributed by atoms with van der Waals surface area (Å²) in [6.07, 6.45) is 0. The number of aromatic nitrogens is 2. The molecule has 0 aliphatic carbocycles. The number of rotatable bonds is 0.